The first-order valence-corrected chi connectivity index (χ1v) is 10.6. The van der Waals surface area contributed by atoms with E-state index in [9.17, 15) is 4.79 Å². The van der Waals surface area contributed by atoms with Crippen LogP contribution in [-0.4, -0.2) is 24.1 Å². The Hall–Kier alpha value is -3.38. The van der Waals surface area contributed by atoms with Crippen molar-refractivity contribution in [2.75, 3.05) is 18.5 Å². The van der Waals surface area contributed by atoms with Gasteiger partial charge in [0, 0.05) is 0 Å². The van der Waals surface area contributed by atoms with Gasteiger partial charge in [-0.3, -0.25) is 10.1 Å². The van der Waals surface area contributed by atoms with Crippen LogP contribution < -0.4 is 14.8 Å². The third-order valence-corrected chi connectivity index (χ3v) is 5.34. The molecule has 152 valence electrons. The molecule has 0 bridgehead atoms. The van der Waals surface area contributed by atoms with Crippen molar-refractivity contribution in [3.8, 4) is 22.6 Å². The lowest BCUT2D eigenvalue weighted by atomic mass is 10.1. The van der Waals surface area contributed by atoms with E-state index in [2.05, 4.69) is 29.4 Å². The van der Waals surface area contributed by atoms with Gasteiger partial charge in [0.25, 0.3) is 5.91 Å². The highest BCUT2D eigenvalue weighted by Gasteiger charge is 2.10. The zero-order valence-electron chi connectivity index (χ0n) is 16.6. The Morgan fingerprint density at radius 3 is 2.43 bits per heavy atom. The van der Waals surface area contributed by atoms with Crippen LogP contribution in [0.2, 0.25) is 0 Å². The largest absolute Gasteiger partial charge is 0.494 e. The van der Waals surface area contributed by atoms with Crippen LogP contribution in [0.3, 0.4) is 0 Å². The maximum Gasteiger partial charge on any atom is 0.264 e. The van der Waals surface area contributed by atoms with E-state index in [1.54, 1.807) is 0 Å². The summed E-state index contributed by atoms with van der Waals surface area (Å²) >= 11 is 1.42. The molecule has 0 radical (unpaired) electrons. The Bertz CT molecular complexity index is 1120. The van der Waals surface area contributed by atoms with Gasteiger partial charge in [-0.05, 0) is 47.9 Å². The van der Waals surface area contributed by atoms with Crippen molar-refractivity contribution < 1.29 is 14.3 Å². The van der Waals surface area contributed by atoms with E-state index in [0.29, 0.717) is 17.5 Å². The summed E-state index contributed by atoms with van der Waals surface area (Å²) in [6, 6.07) is 23.5. The van der Waals surface area contributed by atoms with Crippen LogP contribution >= 0.6 is 11.3 Å². The van der Waals surface area contributed by atoms with E-state index >= 15 is 0 Å². The van der Waals surface area contributed by atoms with E-state index in [4.69, 9.17) is 9.47 Å². The van der Waals surface area contributed by atoms with E-state index in [1.165, 1.54) is 11.3 Å². The Balaban J connectivity index is 1.33. The molecule has 30 heavy (non-hydrogen) atoms. The first kappa shape index (κ1) is 19.9. The Morgan fingerprint density at radius 1 is 0.933 bits per heavy atom. The van der Waals surface area contributed by atoms with Gasteiger partial charge in [0.2, 0.25) is 0 Å². The summed E-state index contributed by atoms with van der Waals surface area (Å²) in [5.41, 5.74) is 3.07. The lowest BCUT2D eigenvalue weighted by Gasteiger charge is -2.07. The van der Waals surface area contributed by atoms with Crippen molar-refractivity contribution >= 4 is 32.6 Å². The number of carbonyl (C=O) groups is 1. The molecule has 0 fully saturated rings. The minimum atomic E-state index is -0.247. The number of hydrogen-bond acceptors (Lipinski definition) is 5. The standard InChI is InChI=1S/C24H22N2O3S/c1-2-14-28-20-12-13-21-22(15-20)30-24(25-21)26-23(27)16-29-19-10-8-18(9-11-19)17-6-4-3-5-7-17/h3-13,15H,2,14,16H2,1H3,(H,25,26,27). The second-order valence-corrected chi connectivity index (χ2v) is 7.75. The van der Waals surface area contributed by atoms with Gasteiger partial charge in [-0.15, -0.1) is 0 Å². The predicted octanol–water partition coefficient (Wildman–Crippen LogP) is 5.77. The molecule has 0 atom stereocenters. The minimum absolute atomic E-state index is 0.0779. The highest BCUT2D eigenvalue weighted by Crippen LogP contribution is 2.29. The van der Waals surface area contributed by atoms with E-state index < -0.39 is 0 Å². The van der Waals surface area contributed by atoms with Crippen LogP contribution in [0.15, 0.2) is 72.8 Å². The molecular weight excluding hydrogens is 396 g/mol. The highest BCUT2D eigenvalue weighted by molar-refractivity contribution is 7.22. The highest BCUT2D eigenvalue weighted by atomic mass is 32.1. The molecule has 1 amide bonds. The smallest absolute Gasteiger partial charge is 0.264 e. The number of aromatic nitrogens is 1. The number of fused-ring (bicyclic) bond motifs is 1. The molecule has 3 aromatic carbocycles. The lowest BCUT2D eigenvalue weighted by molar-refractivity contribution is -0.118. The number of hydrogen-bond donors (Lipinski definition) is 1. The molecule has 6 heteroatoms. The number of amides is 1. The van der Waals surface area contributed by atoms with Gasteiger partial charge in [-0.2, -0.15) is 0 Å². The molecule has 1 heterocycles. The van der Waals surface area contributed by atoms with Crippen molar-refractivity contribution in [2.45, 2.75) is 13.3 Å². The third kappa shape index (κ3) is 4.96. The van der Waals surface area contributed by atoms with Crippen LogP contribution in [0.1, 0.15) is 13.3 Å². The van der Waals surface area contributed by atoms with Crippen molar-refractivity contribution in [3.63, 3.8) is 0 Å². The number of rotatable bonds is 8. The van der Waals surface area contributed by atoms with Crippen molar-refractivity contribution in [2.24, 2.45) is 0 Å². The molecule has 0 aliphatic heterocycles. The first-order valence-electron chi connectivity index (χ1n) is 9.83. The summed E-state index contributed by atoms with van der Waals surface area (Å²) in [6.45, 7) is 2.67. The van der Waals surface area contributed by atoms with Gasteiger partial charge in [-0.25, -0.2) is 4.98 Å². The number of nitrogens with zero attached hydrogens (tertiary/aromatic N) is 1. The summed E-state index contributed by atoms with van der Waals surface area (Å²) in [4.78, 5) is 16.7. The van der Waals surface area contributed by atoms with Crippen LogP contribution in [0.4, 0.5) is 5.13 Å². The van der Waals surface area contributed by atoms with Gasteiger partial charge < -0.3 is 9.47 Å². The molecule has 1 aromatic heterocycles. The molecule has 4 aromatic rings. The van der Waals surface area contributed by atoms with Crippen LogP contribution in [-0.2, 0) is 4.79 Å². The summed E-state index contributed by atoms with van der Waals surface area (Å²) in [7, 11) is 0. The third-order valence-electron chi connectivity index (χ3n) is 4.41. The molecule has 1 N–H and O–H groups in total. The first-order chi connectivity index (χ1) is 14.7. The number of anilines is 1. The molecule has 0 saturated heterocycles. The minimum Gasteiger partial charge on any atom is -0.494 e. The van der Waals surface area contributed by atoms with Crippen LogP contribution in [0, 0.1) is 0 Å². The molecule has 0 unspecified atom stereocenters. The maximum atomic E-state index is 12.3. The molecular formula is C24H22N2O3S. The van der Waals surface area contributed by atoms with Gasteiger partial charge in [0.05, 0.1) is 16.8 Å². The molecule has 4 rings (SSSR count). The molecule has 0 aliphatic rings. The summed E-state index contributed by atoms with van der Waals surface area (Å²) in [5, 5.41) is 3.35. The molecule has 0 saturated carbocycles. The SMILES string of the molecule is CCCOc1ccc2nc(NC(=O)COc3ccc(-c4ccccc4)cc3)sc2c1. The quantitative estimate of drug-likeness (QED) is 0.395. The van der Waals surface area contributed by atoms with Crippen LogP contribution in [0.25, 0.3) is 21.3 Å². The Labute approximate surface area is 179 Å². The zero-order valence-corrected chi connectivity index (χ0v) is 17.4. The average molecular weight is 419 g/mol. The zero-order chi connectivity index (χ0) is 20.8. The van der Waals surface area contributed by atoms with Crippen LogP contribution in [0.5, 0.6) is 11.5 Å². The van der Waals surface area contributed by atoms with E-state index in [1.807, 2.05) is 60.7 Å². The van der Waals surface area contributed by atoms with Gasteiger partial charge in [0.15, 0.2) is 11.7 Å². The van der Waals surface area contributed by atoms with Crippen molar-refractivity contribution in [3.05, 3.63) is 72.8 Å². The lowest BCUT2D eigenvalue weighted by Crippen LogP contribution is -2.19. The average Bonchev–Trinajstić information content (AvgIpc) is 3.18. The van der Waals surface area contributed by atoms with Crippen molar-refractivity contribution in [1.82, 2.24) is 4.98 Å². The van der Waals surface area contributed by atoms with Gasteiger partial charge >= 0.3 is 0 Å². The number of benzene rings is 3. The second-order valence-electron chi connectivity index (χ2n) is 6.72. The summed E-state index contributed by atoms with van der Waals surface area (Å²) in [5.74, 6) is 1.21. The molecule has 5 nitrogen and oxygen atoms in total. The molecule has 0 spiro atoms. The predicted molar refractivity (Wildman–Crippen MR) is 121 cm³/mol. The fraction of sp³-hybridized carbons (Fsp3) is 0.167. The van der Waals surface area contributed by atoms with E-state index in [0.717, 1.165) is 33.5 Å². The van der Waals surface area contributed by atoms with Gasteiger partial charge in [0.1, 0.15) is 11.5 Å². The normalized spacial score (nSPS) is 10.7. The summed E-state index contributed by atoms with van der Waals surface area (Å²) < 4.78 is 12.2. The second kappa shape index (κ2) is 9.41. The molecule has 0 aliphatic carbocycles. The fourth-order valence-electron chi connectivity index (χ4n) is 2.95. The number of carbonyl (C=O) groups excluding carboxylic acids is 1. The van der Waals surface area contributed by atoms with Crippen molar-refractivity contribution in [1.29, 1.82) is 0 Å². The van der Waals surface area contributed by atoms with Gasteiger partial charge in [-0.1, -0.05) is 60.7 Å². The monoisotopic (exact) mass is 418 g/mol. The number of thiazole rings is 1. The maximum absolute atomic E-state index is 12.3. The number of ether oxygens (including phenoxy) is 2. The Kier molecular flexibility index (Phi) is 6.25. The Morgan fingerprint density at radius 2 is 1.67 bits per heavy atom. The number of nitrogens with one attached hydrogen (secondary N) is 1. The fourth-order valence-corrected chi connectivity index (χ4v) is 3.86. The van der Waals surface area contributed by atoms with E-state index in [-0.39, 0.29) is 12.5 Å². The summed E-state index contributed by atoms with van der Waals surface area (Å²) in [6.07, 6.45) is 0.955. The topological polar surface area (TPSA) is 60.5 Å².